The first-order valence-electron chi connectivity index (χ1n) is 7.31. The van der Waals surface area contributed by atoms with Crippen molar-refractivity contribution in [1.82, 2.24) is 5.32 Å². The molecule has 3 nitrogen and oxygen atoms in total. The molecule has 1 aliphatic rings. The van der Waals surface area contributed by atoms with Crippen molar-refractivity contribution in [3.05, 3.63) is 0 Å². The van der Waals surface area contributed by atoms with Crippen LogP contribution in [0.25, 0.3) is 0 Å². The normalized spacial score (nSPS) is 20.4. The van der Waals surface area contributed by atoms with Crippen molar-refractivity contribution in [1.29, 1.82) is 0 Å². The molecule has 0 aromatic heterocycles. The van der Waals surface area contributed by atoms with E-state index in [2.05, 4.69) is 44.9 Å². The van der Waals surface area contributed by atoms with Crippen molar-refractivity contribution in [2.24, 2.45) is 22.1 Å². The number of rotatable bonds is 4. The van der Waals surface area contributed by atoms with Crippen molar-refractivity contribution < 1.29 is 0 Å². The van der Waals surface area contributed by atoms with E-state index in [4.69, 9.17) is 5.73 Å². The van der Waals surface area contributed by atoms with Gasteiger partial charge in [-0.3, -0.25) is 4.99 Å². The van der Waals surface area contributed by atoms with Gasteiger partial charge in [-0.2, -0.15) is 0 Å². The van der Waals surface area contributed by atoms with E-state index in [1.807, 2.05) is 0 Å². The molecule has 3 heteroatoms. The Hall–Kier alpha value is -0.730. The highest BCUT2D eigenvalue weighted by Gasteiger charge is 2.34. The molecule has 0 aliphatic heterocycles. The second kappa shape index (κ2) is 5.94. The number of guanidine groups is 1. The van der Waals surface area contributed by atoms with Crippen LogP contribution in [-0.4, -0.2) is 18.0 Å². The van der Waals surface area contributed by atoms with Gasteiger partial charge in [0.2, 0.25) is 0 Å². The first kappa shape index (κ1) is 15.3. The van der Waals surface area contributed by atoms with Gasteiger partial charge in [-0.05, 0) is 51.4 Å². The average Bonchev–Trinajstić information content (AvgIpc) is 2.60. The molecule has 3 N–H and O–H groups in total. The molecule has 0 aromatic rings. The molecule has 0 saturated heterocycles. The van der Waals surface area contributed by atoms with Gasteiger partial charge < -0.3 is 11.1 Å². The highest BCUT2D eigenvalue weighted by Crippen LogP contribution is 2.43. The van der Waals surface area contributed by atoms with Crippen LogP contribution in [0.4, 0.5) is 0 Å². The Morgan fingerprint density at radius 1 is 1.28 bits per heavy atom. The predicted octanol–water partition coefficient (Wildman–Crippen LogP) is 3.30. The highest BCUT2D eigenvalue weighted by molar-refractivity contribution is 5.78. The van der Waals surface area contributed by atoms with E-state index in [9.17, 15) is 0 Å². The van der Waals surface area contributed by atoms with Crippen LogP contribution in [0.1, 0.15) is 66.7 Å². The minimum atomic E-state index is -0.00549. The second-order valence-corrected chi connectivity index (χ2v) is 7.38. The number of nitrogens with one attached hydrogen (secondary N) is 1. The van der Waals surface area contributed by atoms with Crippen LogP contribution in [0, 0.1) is 11.3 Å². The third-order valence-electron chi connectivity index (χ3n) is 3.59. The average molecular weight is 253 g/mol. The maximum atomic E-state index is 5.97. The lowest BCUT2D eigenvalue weighted by molar-refractivity contribution is 0.245. The van der Waals surface area contributed by atoms with Crippen LogP contribution < -0.4 is 11.1 Å². The summed E-state index contributed by atoms with van der Waals surface area (Å²) in [7, 11) is 0. The van der Waals surface area contributed by atoms with E-state index >= 15 is 0 Å². The predicted molar refractivity (Wildman–Crippen MR) is 79.7 cm³/mol. The van der Waals surface area contributed by atoms with Crippen molar-refractivity contribution in [2.75, 3.05) is 6.54 Å². The molecule has 0 bridgehead atoms. The van der Waals surface area contributed by atoms with Gasteiger partial charge in [-0.25, -0.2) is 0 Å². The number of hydrogen-bond donors (Lipinski definition) is 2. The minimum absolute atomic E-state index is 0.00549. The topological polar surface area (TPSA) is 50.4 Å². The monoisotopic (exact) mass is 253 g/mol. The van der Waals surface area contributed by atoms with Gasteiger partial charge in [0.1, 0.15) is 0 Å². The van der Waals surface area contributed by atoms with E-state index < -0.39 is 0 Å². The third-order valence-corrected chi connectivity index (χ3v) is 3.59. The maximum Gasteiger partial charge on any atom is 0.189 e. The third kappa shape index (κ3) is 5.28. The zero-order valence-corrected chi connectivity index (χ0v) is 12.8. The summed E-state index contributed by atoms with van der Waals surface area (Å²) in [5, 5.41) is 3.24. The van der Waals surface area contributed by atoms with Gasteiger partial charge in [0, 0.05) is 12.1 Å². The number of aliphatic imine (C=N–C) groups is 1. The summed E-state index contributed by atoms with van der Waals surface area (Å²) < 4.78 is 0. The Bertz CT molecular complexity index is 281. The fraction of sp³-hybridized carbons (Fsp3) is 0.933. The van der Waals surface area contributed by atoms with E-state index in [1.54, 1.807) is 0 Å². The smallest absolute Gasteiger partial charge is 0.189 e. The zero-order valence-electron chi connectivity index (χ0n) is 12.8. The van der Waals surface area contributed by atoms with Gasteiger partial charge >= 0.3 is 0 Å². The molecular formula is C15H31N3. The fourth-order valence-electron chi connectivity index (χ4n) is 3.09. The van der Waals surface area contributed by atoms with Crippen molar-refractivity contribution >= 4 is 5.96 Å². The number of nitrogens with zero attached hydrogens (tertiary/aromatic N) is 1. The molecule has 0 heterocycles. The Balaban J connectivity index is 2.59. The first-order valence-corrected chi connectivity index (χ1v) is 7.31. The standard InChI is InChI=1S/C15H31N3/c1-12(2)10-15(8-6-7-9-15)11-17-13(16)18-14(3,4)5/h12H,6-11H2,1-5H3,(H3,16,17,18). The highest BCUT2D eigenvalue weighted by atomic mass is 15.1. The molecule has 0 atom stereocenters. The molecule has 1 rings (SSSR count). The van der Waals surface area contributed by atoms with Gasteiger partial charge in [-0.1, -0.05) is 26.7 Å². The van der Waals surface area contributed by atoms with Crippen LogP contribution in [0.5, 0.6) is 0 Å². The van der Waals surface area contributed by atoms with Crippen LogP contribution in [0.15, 0.2) is 4.99 Å². The molecule has 1 fully saturated rings. The summed E-state index contributed by atoms with van der Waals surface area (Å²) in [6.45, 7) is 11.8. The van der Waals surface area contributed by atoms with Crippen LogP contribution in [0.2, 0.25) is 0 Å². The number of hydrogen-bond acceptors (Lipinski definition) is 1. The molecule has 0 amide bonds. The van der Waals surface area contributed by atoms with Gasteiger partial charge in [-0.15, -0.1) is 0 Å². The Morgan fingerprint density at radius 2 is 1.83 bits per heavy atom. The number of nitrogens with two attached hydrogens (primary N) is 1. The van der Waals surface area contributed by atoms with Crippen molar-refractivity contribution in [2.45, 2.75) is 72.3 Å². The van der Waals surface area contributed by atoms with E-state index in [1.165, 1.54) is 32.1 Å². The lowest BCUT2D eigenvalue weighted by Gasteiger charge is -2.30. The molecule has 106 valence electrons. The molecule has 1 saturated carbocycles. The van der Waals surface area contributed by atoms with Crippen LogP contribution >= 0.6 is 0 Å². The summed E-state index contributed by atoms with van der Waals surface area (Å²) in [5.41, 5.74) is 6.38. The summed E-state index contributed by atoms with van der Waals surface area (Å²) in [6.07, 6.45) is 6.62. The maximum absolute atomic E-state index is 5.97. The first-order chi connectivity index (χ1) is 8.22. The fourth-order valence-corrected chi connectivity index (χ4v) is 3.09. The molecular weight excluding hydrogens is 222 g/mol. The molecule has 0 unspecified atom stereocenters. The largest absolute Gasteiger partial charge is 0.370 e. The van der Waals surface area contributed by atoms with Gasteiger partial charge in [0.25, 0.3) is 0 Å². The summed E-state index contributed by atoms with van der Waals surface area (Å²) in [5.74, 6) is 1.34. The summed E-state index contributed by atoms with van der Waals surface area (Å²) in [6, 6.07) is 0. The molecule has 0 spiro atoms. The Labute approximate surface area is 113 Å². The molecule has 0 aromatic carbocycles. The van der Waals surface area contributed by atoms with Crippen molar-refractivity contribution in [3.8, 4) is 0 Å². The van der Waals surface area contributed by atoms with E-state index in [-0.39, 0.29) is 5.54 Å². The lowest BCUT2D eigenvalue weighted by atomic mass is 9.78. The quantitative estimate of drug-likeness (QED) is 0.596. The van der Waals surface area contributed by atoms with Gasteiger partial charge in [0.15, 0.2) is 5.96 Å². The second-order valence-electron chi connectivity index (χ2n) is 7.38. The molecule has 0 radical (unpaired) electrons. The van der Waals surface area contributed by atoms with E-state index in [0.717, 1.165) is 12.5 Å². The molecule has 18 heavy (non-hydrogen) atoms. The van der Waals surface area contributed by atoms with E-state index in [0.29, 0.717) is 11.4 Å². The van der Waals surface area contributed by atoms with Crippen molar-refractivity contribution in [3.63, 3.8) is 0 Å². The summed E-state index contributed by atoms with van der Waals surface area (Å²) >= 11 is 0. The lowest BCUT2D eigenvalue weighted by Crippen LogP contribution is -2.45. The Morgan fingerprint density at radius 3 is 2.28 bits per heavy atom. The molecule has 1 aliphatic carbocycles. The Kier molecular flexibility index (Phi) is 5.06. The SMILES string of the molecule is CC(C)CC1(CN=C(N)NC(C)(C)C)CCCC1. The van der Waals surface area contributed by atoms with Gasteiger partial charge in [0.05, 0.1) is 0 Å². The summed E-state index contributed by atoms with van der Waals surface area (Å²) in [4.78, 5) is 4.60. The van der Waals surface area contributed by atoms with Crippen LogP contribution in [-0.2, 0) is 0 Å². The minimum Gasteiger partial charge on any atom is -0.370 e. The van der Waals surface area contributed by atoms with Crippen LogP contribution in [0.3, 0.4) is 0 Å². The zero-order chi connectivity index (χ0) is 13.8.